The number of carboxylic acid groups (broad SMARTS) is 1. The van der Waals surface area contributed by atoms with E-state index >= 15 is 0 Å². The normalized spacial score (nSPS) is 13.2. The van der Waals surface area contributed by atoms with Crippen LogP contribution in [0.3, 0.4) is 0 Å². The summed E-state index contributed by atoms with van der Waals surface area (Å²) in [6.07, 6.45) is -0.594. The third-order valence-electron chi connectivity index (χ3n) is 6.28. The molecule has 38 heavy (non-hydrogen) atoms. The van der Waals surface area contributed by atoms with E-state index in [2.05, 4.69) is 5.32 Å². The van der Waals surface area contributed by atoms with Crippen LogP contribution >= 0.6 is 0 Å². The highest BCUT2D eigenvalue weighted by Crippen LogP contribution is 2.28. The van der Waals surface area contributed by atoms with Crippen molar-refractivity contribution in [2.75, 3.05) is 13.2 Å². The van der Waals surface area contributed by atoms with Crippen LogP contribution in [-0.4, -0.2) is 41.0 Å². The summed E-state index contributed by atoms with van der Waals surface area (Å²) in [4.78, 5) is 11.0. The molecule has 0 bridgehead atoms. The largest absolute Gasteiger partial charge is 0.488 e. The number of carbonyl (C=O) groups is 1. The van der Waals surface area contributed by atoms with E-state index in [1.165, 1.54) is 12.1 Å². The Morgan fingerprint density at radius 2 is 1.79 bits per heavy atom. The van der Waals surface area contributed by atoms with Gasteiger partial charge in [-0.1, -0.05) is 36.4 Å². The van der Waals surface area contributed by atoms with Crippen LogP contribution in [-0.2, 0) is 17.8 Å². The maximum absolute atomic E-state index is 14.3. The van der Waals surface area contributed by atoms with Gasteiger partial charge in [0.25, 0.3) is 0 Å². The first-order valence-corrected chi connectivity index (χ1v) is 12.5. The Morgan fingerprint density at radius 1 is 1.05 bits per heavy atom. The molecule has 6 nitrogen and oxygen atoms in total. The Morgan fingerprint density at radius 3 is 2.47 bits per heavy atom. The Labute approximate surface area is 222 Å². The van der Waals surface area contributed by atoms with Crippen molar-refractivity contribution < 1.29 is 33.3 Å². The predicted molar refractivity (Wildman–Crippen MR) is 141 cm³/mol. The molecule has 0 saturated heterocycles. The molecule has 3 aromatic rings. The van der Waals surface area contributed by atoms with Gasteiger partial charge in [0.2, 0.25) is 0 Å². The van der Waals surface area contributed by atoms with Crippen molar-refractivity contribution in [1.82, 2.24) is 5.32 Å². The van der Waals surface area contributed by atoms with Gasteiger partial charge in [-0.15, -0.1) is 0 Å². The van der Waals surface area contributed by atoms with Crippen LogP contribution in [0.1, 0.15) is 59.5 Å². The van der Waals surface area contributed by atoms with Crippen molar-refractivity contribution in [2.45, 2.75) is 58.5 Å². The molecule has 0 amide bonds. The van der Waals surface area contributed by atoms with Gasteiger partial charge in [-0.25, -0.2) is 13.6 Å². The fourth-order valence-corrected chi connectivity index (χ4v) is 4.02. The molecule has 0 spiro atoms. The molecule has 0 fully saturated rings. The number of aliphatic hydroxyl groups excluding tert-OH is 1. The SMILES string of the molecule is Cc1ccc(CC(C)(C)NC[C@H](O)COC(C)c2ccccc2OCc2ccc(C(=O)O)cc2F)cc1F. The highest BCUT2D eigenvalue weighted by atomic mass is 19.1. The van der Waals surface area contributed by atoms with Crippen LogP contribution < -0.4 is 10.1 Å². The number of aliphatic hydroxyl groups is 1. The molecular weight excluding hydrogens is 492 g/mol. The summed E-state index contributed by atoms with van der Waals surface area (Å²) in [5.41, 5.74) is 1.95. The second-order valence-electron chi connectivity index (χ2n) is 10.1. The number of hydrogen-bond donors (Lipinski definition) is 3. The summed E-state index contributed by atoms with van der Waals surface area (Å²) in [6, 6.07) is 16.1. The third kappa shape index (κ3) is 8.34. The van der Waals surface area contributed by atoms with E-state index in [4.69, 9.17) is 14.6 Å². The molecule has 0 saturated carbocycles. The lowest BCUT2D eigenvalue weighted by Crippen LogP contribution is -2.46. The molecule has 3 rings (SSSR count). The number of carboxylic acids is 1. The zero-order valence-corrected chi connectivity index (χ0v) is 22.1. The number of halogens is 2. The van der Waals surface area contributed by atoms with Crippen LogP contribution in [0, 0.1) is 18.6 Å². The van der Waals surface area contributed by atoms with Gasteiger partial charge < -0.3 is 25.0 Å². The van der Waals surface area contributed by atoms with E-state index in [0.29, 0.717) is 17.7 Å². The molecule has 204 valence electrons. The van der Waals surface area contributed by atoms with E-state index in [-0.39, 0.29) is 42.2 Å². The Balaban J connectivity index is 1.51. The van der Waals surface area contributed by atoms with Gasteiger partial charge in [-0.3, -0.25) is 0 Å². The molecule has 0 aliphatic rings. The predicted octanol–water partition coefficient (Wildman–Crippen LogP) is 5.60. The number of hydrogen-bond acceptors (Lipinski definition) is 5. The Hall–Kier alpha value is -3.33. The van der Waals surface area contributed by atoms with Crippen molar-refractivity contribution in [3.05, 3.63) is 100 Å². The monoisotopic (exact) mass is 527 g/mol. The van der Waals surface area contributed by atoms with Gasteiger partial charge in [0.05, 0.1) is 24.4 Å². The van der Waals surface area contributed by atoms with Gasteiger partial charge in [0.1, 0.15) is 24.0 Å². The second-order valence-corrected chi connectivity index (χ2v) is 10.1. The van der Waals surface area contributed by atoms with Crippen LogP contribution in [0.15, 0.2) is 60.7 Å². The molecule has 0 aromatic heterocycles. The van der Waals surface area contributed by atoms with Gasteiger partial charge in [0, 0.05) is 23.2 Å². The van der Waals surface area contributed by atoms with E-state index in [1.54, 1.807) is 31.2 Å². The van der Waals surface area contributed by atoms with Crippen molar-refractivity contribution in [3.63, 3.8) is 0 Å². The van der Waals surface area contributed by atoms with Gasteiger partial charge in [-0.2, -0.15) is 0 Å². The molecule has 0 radical (unpaired) electrons. The molecule has 2 atom stereocenters. The van der Waals surface area contributed by atoms with Gasteiger partial charge in [-0.05, 0) is 69.5 Å². The highest BCUT2D eigenvalue weighted by molar-refractivity contribution is 5.87. The lowest BCUT2D eigenvalue weighted by Gasteiger charge is -2.28. The molecule has 0 aliphatic carbocycles. The van der Waals surface area contributed by atoms with Crippen LogP contribution in [0.25, 0.3) is 0 Å². The Bertz CT molecular complexity index is 1250. The number of nitrogens with one attached hydrogen (secondary N) is 1. The topological polar surface area (TPSA) is 88.0 Å². The lowest BCUT2D eigenvalue weighted by atomic mass is 9.94. The quantitative estimate of drug-likeness (QED) is 0.268. The minimum atomic E-state index is -1.20. The zero-order valence-electron chi connectivity index (χ0n) is 22.1. The summed E-state index contributed by atoms with van der Waals surface area (Å²) in [5, 5.41) is 22.8. The van der Waals surface area contributed by atoms with E-state index < -0.39 is 24.0 Å². The summed E-state index contributed by atoms with van der Waals surface area (Å²) in [7, 11) is 0. The summed E-state index contributed by atoms with van der Waals surface area (Å²) in [5.74, 6) is -1.58. The number of ether oxygens (including phenoxy) is 2. The smallest absolute Gasteiger partial charge is 0.335 e. The summed E-state index contributed by atoms with van der Waals surface area (Å²) >= 11 is 0. The molecule has 0 aliphatic heterocycles. The van der Waals surface area contributed by atoms with Crippen LogP contribution in [0.4, 0.5) is 8.78 Å². The van der Waals surface area contributed by atoms with Crippen molar-refractivity contribution in [1.29, 1.82) is 0 Å². The average Bonchev–Trinajstić information content (AvgIpc) is 2.87. The first-order valence-electron chi connectivity index (χ1n) is 12.5. The van der Waals surface area contributed by atoms with E-state index in [1.807, 2.05) is 39.0 Å². The molecular formula is C30H35F2NO5. The molecule has 3 N–H and O–H groups in total. The highest BCUT2D eigenvalue weighted by Gasteiger charge is 2.21. The second kappa shape index (κ2) is 13.0. The maximum Gasteiger partial charge on any atom is 0.335 e. The maximum atomic E-state index is 14.3. The molecule has 0 heterocycles. The van der Waals surface area contributed by atoms with Crippen molar-refractivity contribution >= 4 is 5.97 Å². The molecule has 8 heteroatoms. The number of aryl methyl sites for hydroxylation is 1. The number of aromatic carboxylic acids is 1. The minimum Gasteiger partial charge on any atom is -0.488 e. The van der Waals surface area contributed by atoms with Crippen molar-refractivity contribution in [2.24, 2.45) is 0 Å². The molecule has 3 aromatic carbocycles. The third-order valence-corrected chi connectivity index (χ3v) is 6.28. The first-order chi connectivity index (χ1) is 17.9. The van der Waals surface area contributed by atoms with E-state index in [0.717, 1.165) is 17.2 Å². The summed E-state index contributed by atoms with van der Waals surface area (Å²) in [6.45, 7) is 7.83. The van der Waals surface area contributed by atoms with Crippen LogP contribution in [0.5, 0.6) is 5.75 Å². The fourth-order valence-electron chi connectivity index (χ4n) is 4.02. The first kappa shape index (κ1) is 29.2. The number of para-hydroxylation sites is 1. The van der Waals surface area contributed by atoms with E-state index in [9.17, 15) is 18.7 Å². The molecule has 1 unspecified atom stereocenters. The minimum absolute atomic E-state index is 0.0724. The van der Waals surface area contributed by atoms with Crippen molar-refractivity contribution in [3.8, 4) is 5.75 Å². The summed E-state index contributed by atoms with van der Waals surface area (Å²) < 4.78 is 39.9. The number of benzene rings is 3. The zero-order chi connectivity index (χ0) is 27.9. The van der Waals surface area contributed by atoms with Gasteiger partial charge >= 0.3 is 5.97 Å². The lowest BCUT2D eigenvalue weighted by molar-refractivity contribution is -0.00521. The van der Waals surface area contributed by atoms with Gasteiger partial charge in [0.15, 0.2) is 0 Å². The Kier molecular flexibility index (Phi) is 9.96. The number of β-amino-alcohol motifs (C(OH)–C–C–N with tert-alkyl or cyclic N) is 1. The fraction of sp³-hybridized carbons (Fsp3) is 0.367. The number of rotatable bonds is 13. The average molecular weight is 528 g/mol. The van der Waals surface area contributed by atoms with Crippen LogP contribution in [0.2, 0.25) is 0 Å². The standard InChI is InChI=1S/C30H35F2NO5/c1-19-9-10-21(13-26(19)31)15-30(3,4)33-16-24(34)18-37-20(2)25-7-5-6-8-28(25)38-17-23-12-11-22(29(35)36)14-27(23)32/h5-14,20,24,33-34H,15-18H2,1-4H3,(H,35,36)/t20?,24-/m0/s1.